The highest BCUT2D eigenvalue weighted by Crippen LogP contribution is 2.23. The van der Waals surface area contributed by atoms with Crippen molar-refractivity contribution < 1.29 is 17.2 Å². The van der Waals surface area contributed by atoms with Crippen LogP contribution < -0.4 is 0 Å². The van der Waals surface area contributed by atoms with Crippen LogP contribution in [0.1, 0.15) is 12.8 Å². The number of hydrogen-bond donors (Lipinski definition) is 1. The summed E-state index contributed by atoms with van der Waals surface area (Å²) >= 11 is -1.97. The van der Waals surface area contributed by atoms with Crippen LogP contribution in [0.15, 0.2) is 22.0 Å². The molecule has 4 nitrogen and oxygen atoms in total. The molecule has 1 N–H and O–H groups in total. The van der Waals surface area contributed by atoms with Crippen molar-refractivity contribution in [2.45, 2.75) is 12.8 Å². The normalized spacial score (nSPS) is 20.5. The lowest BCUT2D eigenvalue weighted by Crippen LogP contribution is -2.06. The third-order valence-corrected chi connectivity index (χ3v) is 3.86. The van der Waals surface area contributed by atoms with Crippen LogP contribution in [0, 0.1) is 0 Å². The maximum absolute atomic E-state index is 11.0. The Labute approximate surface area is 79.5 Å². The minimum Gasteiger partial charge on any atom is -0.302 e. The van der Waals surface area contributed by atoms with Crippen molar-refractivity contribution in [1.82, 2.24) is 0 Å². The van der Waals surface area contributed by atoms with Gasteiger partial charge in [0.25, 0.3) is 0 Å². The fourth-order valence-electron chi connectivity index (χ4n) is 1.05. The van der Waals surface area contributed by atoms with Crippen LogP contribution in [0.25, 0.3) is 0 Å². The first-order chi connectivity index (χ1) is 5.91. The van der Waals surface area contributed by atoms with Gasteiger partial charge in [-0.3, -0.25) is 0 Å². The molecule has 6 heteroatoms. The van der Waals surface area contributed by atoms with E-state index in [-0.39, 0.29) is 0 Å². The second-order valence-electron chi connectivity index (χ2n) is 2.79. The molecular weight excluding hydrogens is 212 g/mol. The Morgan fingerprint density at radius 2 is 2.00 bits per heavy atom. The molecule has 1 rings (SSSR count). The van der Waals surface area contributed by atoms with Gasteiger partial charge in [0.1, 0.15) is 0 Å². The van der Waals surface area contributed by atoms with Gasteiger partial charge < -0.3 is 4.55 Å². The van der Waals surface area contributed by atoms with Crippen LogP contribution in [-0.2, 0) is 20.9 Å². The van der Waals surface area contributed by atoms with Crippen LogP contribution in [0.5, 0.6) is 0 Å². The second-order valence-corrected chi connectivity index (χ2v) is 5.88. The zero-order valence-corrected chi connectivity index (χ0v) is 8.69. The average molecular weight is 222 g/mol. The minimum atomic E-state index is -3.14. The van der Waals surface area contributed by atoms with Crippen LogP contribution in [-0.4, -0.2) is 23.4 Å². The highest BCUT2D eigenvalue weighted by atomic mass is 32.2. The van der Waals surface area contributed by atoms with Gasteiger partial charge in [-0.15, -0.1) is 0 Å². The molecule has 1 unspecified atom stereocenters. The number of sulfone groups is 1. The minimum absolute atomic E-state index is 0.316. The summed E-state index contributed by atoms with van der Waals surface area (Å²) in [4.78, 5) is 0.689. The number of hydrogen-bond acceptors (Lipinski definition) is 3. The lowest BCUT2D eigenvalue weighted by Gasteiger charge is -2.09. The fourth-order valence-corrected chi connectivity index (χ4v) is 2.30. The molecular formula is C7H10O4S2. The Hall–Kier alpha value is -0.460. The first kappa shape index (κ1) is 10.6. The Balaban J connectivity index is 2.95. The molecule has 0 saturated carbocycles. The van der Waals surface area contributed by atoms with E-state index in [1.165, 1.54) is 12.2 Å². The van der Waals surface area contributed by atoms with Crippen molar-refractivity contribution in [2.75, 3.05) is 6.26 Å². The molecule has 0 amide bonds. The zero-order chi connectivity index (χ0) is 10.1. The molecule has 1 aliphatic rings. The predicted molar refractivity (Wildman–Crippen MR) is 51.0 cm³/mol. The van der Waals surface area contributed by atoms with E-state index in [9.17, 15) is 12.6 Å². The molecule has 0 spiro atoms. The predicted octanol–water partition coefficient (Wildman–Crippen LogP) is 0.814. The molecule has 0 aromatic carbocycles. The molecule has 0 saturated heterocycles. The number of allylic oxidation sites excluding steroid dienone is 4. The van der Waals surface area contributed by atoms with E-state index in [4.69, 9.17) is 4.55 Å². The summed E-state index contributed by atoms with van der Waals surface area (Å²) in [7, 11) is -3.14. The van der Waals surface area contributed by atoms with Gasteiger partial charge in [0.15, 0.2) is 20.9 Å². The quantitative estimate of drug-likeness (QED) is 0.702. The molecule has 13 heavy (non-hydrogen) atoms. The van der Waals surface area contributed by atoms with Gasteiger partial charge >= 0.3 is 0 Å². The molecule has 1 aliphatic carbocycles. The Morgan fingerprint density at radius 1 is 1.38 bits per heavy atom. The molecule has 0 aliphatic heterocycles. The lowest BCUT2D eigenvalue weighted by atomic mass is 10.2. The maximum Gasteiger partial charge on any atom is 0.182 e. The average Bonchev–Trinajstić information content (AvgIpc) is 2.03. The van der Waals surface area contributed by atoms with Crippen molar-refractivity contribution >= 4 is 20.9 Å². The Morgan fingerprint density at radius 3 is 2.31 bits per heavy atom. The molecule has 0 fully saturated rings. The molecule has 0 aromatic rings. The van der Waals surface area contributed by atoms with Crippen molar-refractivity contribution in [2.24, 2.45) is 0 Å². The molecule has 0 aromatic heterocycles. The largest absolute Gasteiger partial charge is 0.302 e. The van der Waals surface area contributed by atoms with Gasteiger partial charge in [0.2, 0.25) is 0 Å². The van der Waals surface area contributed by atoms with Gasteiger partial charge in [-0.05, 0) is 25.0 Å². The van der Waals surface area contributed by atoms with Gasteiger partial charge in [-0.2, -0.15) is 0 Å². The summed E-state index contributed by atoms with van der Waals surface area (Å²) in [5.74, 6) is 0. The van der Waals surface area contributed by atoms with Crippen molar-refractivity contribution in [3.63, 3.8) is 0 Å². The summed E-state index contributed by atoms with van der Waals surface area (Å²) in [5, 5.41) is 0. The van der Waals surface area contributed by atoms with Gasteiger partial charge in [-0.1, -0.05) is 0 Å². The monoisotopic (exact) mass is 222 g/mol. The Kier molecular flexibility index (Phi) is 3.05. The van der Waals surface area contributed by atoms with Crippen molar-refractivity contribution in [1.29, 1.82) is 0 Å². The second kappa shape index (κ2) is 3.73. The standard InChI is InChI=1S/C7H10O4S2/c1-13(10,11)7-4-2-6(3-5-7)12(8)9/h2,4H,3,5H2,1H3,(H,8,9). The Bertz CT molecular complexity index is 389. The topological polar surface area (TPSA) is 71.4 Å². The van der Waals surface area contributed by atoms with Gasteiger partial charge in [-0.25, -0.2) is 12.6 Å². The van der Waals surface area contributed by atoms with E-state index in [0.29, 0.717) is 22.7 Å². The van der Waals surface area contributed by atoms with Crippen LogP contribution >= 0.6 is 0 Å². The number of rotatable bonds is 2. The summed E-state index contributed by atoms with van der Waals surface area (Å²) < 4.78 is 41.3. The molecule has 74 valence electrons. The van der Waals surface area contributed by atoms with E-state index in [2.05, 4.69) is 0 Å². The smallest absolute Gasteiger partial charge is 0.182 e. The van der Waals surface area contributed by atoms with E-state index < -0.39 is 20.9 Å². The highest BCUT2D eigenvalue weighted by molar-refractivity contribution is 7.94. The molecule has 0 heterocycles. The zero-order valence-electron chi connectivity index (χ0n) is 7.06. The summed E-state index contributed by atoms with van der Waals surface area (Å²) in [6.45, 7) is 0. The summed E-state index contributed by atoms with van der Waals surface area (Å²) in [6.07, 6.45) is 4.57. The van der Waals surface area contributed by atoms with Crippen LogP contribution in [0.2, 0.25) is 0 Å². The summed E-state index contributed by atoms with van der Waals surface area (Å²) in [5.41, 5.74) is 0. The first-order valence-electron chi connectivity index (χ1n) is 3.62. The highest BCUT2D eigenvalue weighted by Gasteiger charge is 2.16. The molecule has 1 atom stereocenters. The van der Waals surface area contributed by atoms with Crippen LogP contribution in [0.3, 0.4) is 0 Å². The maximum atomic E-state index is 11.0. The van der Waals surface area contributed by atoms with E-state index in [0.717, 1.165) is 6.26 Å². The third-order valence-electron chi connectivity index (χ3n) is 1.77. The summed E-state index contributed by atoms with van der Waals surface area (Å²) in [6, 6.07) is 0. The van der Waals surface area contributed by atoms with E-state index in [1.807, 2.05) is 0 Å². The lowest BCUT2D eigenvalue weighted by molar-refractivity contribution is 0.568. The molecule has 0 bridgehead atoms. The SMILES string of the molecule is CS(=O)(=O)C1=CC=C(S(=O)O)CC1. The van der Waals surface area contributed by atoms with Crippen molar-refractivity contribution in [3.8, 4) is 0 Å². The first-order valence-corrected chi connectivity index (χ1v) is 6.62. The van der Waals surface area contributed by atoms with Crippen LogP contribution in [0.4, 0.5) is 0 Å². The van der Waals surface area contributed by atoms with E-state index in [1.54, 1.807) is 0 Å². The van der Waals surface area contributed by atoms with Gasteiger partial charge in [0.05, 0.1) is 0 Å². The third kappa shape index (κ3) is 2.75. The van der Waals surface area contributed by atoms with Gasteiger partial charge in [0, 0.05) is 16.1 Å². The fraction of sp³-hybridized carbons (Fsp3) is 0.429. The van der Waals surface area contributed by atoms with E-state index >= 15 is 0 Å². The molecule has 0 radical (unpaired) electrons. The van der Waals surface area contributed by atoms with Crippen molar-refractivity contribution in [3.05, 3.63) is 22.0 Å².